The molecule has 0 fully saturated rings. The van der Waals surface area contributed by atoms with Crippen molar-refractivity contribution >= 4 is 0 Å². The van der Waals surface area contributed by atoms with Crippen LogP contribution in [0.25, 0.3) is 0 Å². The molecule has 0 aliphatic heterocycles. The highest BCUT2D eigenvalue weighted by Gasteiger charge is 2.06. The van der Waals surface area contributed by atoms with Crippen molar-refractivity contribution in [2.45, 2.75) is 85.0 Å². The van der Waals surface area contributed by atoms with Gasteiger partial charge in [0.25, 0.3) is 0 Å². The van der Waals surface area contributed by atoms with Gasteiger partial charge in [-0.3, -0.25) is 0 Å². The Kier molecular flexibility index (Phi) is 7.91. The van der Waals surface area contributed by atoms with E-state index in [1.54, 1.807) is 0 Å². The van der Waals surface area contributed by atoms with E-state index in [1.165, 1.54) is 44.9 Å². The Balaban J connectivity index is 1.66. The first-order valence-corrected chi connectivity index (χ1v) is 9.41. The van der Waals surface area contributed by atoms with Gasteiger partial charge in [0, 0.05) is 6.42 Å². The van der Waals surface area contributed by atoms with Crippen molar-refractivity contribution in [3.8, 4) is 0 Å². The third-order valence-corrected chi connectivity index (χ3v) is 4.36. The summed E-state index contributed by atoms with van der Waals surface area (Å²) in [5, 5.41) is 0. The summed E-state index contributed by atoms with van der Waals surface area (Å²) in [4.78, 5) is 0. The van der Waals surface area contributed by atoms with Crippen LogP contribution in [0.15, 0.2) is 37.4 Å². The number of imidazole rings is 2. The second-order valence-corrected chi connectivity index (χ2v) is 6.55. The smallest absolute Gasteiger partial charge is 0.237 e. The zero-order chi connectivity index (χ0) is 16.3. The van der Waals surface area contributed by atoms with Crippen LogP contribution in [0.4, 0.5) is 0 Å². The van der Waals surface area contributed by atoms with Crippen LogP contribution in [0, 0.1) is 0 Å². The van der Waals surface area contributed by atoms with Crippen LogP contribution in [-0.4, -0.2) is 9.13 Å². The second kappa shape index (κ2) is 10.2. The number of hydrogen-bond acceptors (Lipinski definition) is 0. The van der Waals surface area contributed by atoms with Gasteiger partial charge in [0.1, 0.15) is 24.8 Å². The van der Waals surface area contributed by atoms with E-state index in [-0.39, 0.29) is 0 Å². The Morgan fingerprint density at radius 1 is 0.652 bits per heavy atom. The standard InChI is InChI=1S/C19H34N4/c1-3-5-7-10-20-14-16-22(18-20)12-9-13-23-17-15-21(19-23)11-8-6-4-2/h14-19H,3-13H2,1-2H3/q+2. The molecule has 0 aliphatic carbocycles. The average Bonchev–Trinajstić information content (AvgIpc) is 3.18. The van der Waals surface area contributed by atoms with Gasteiger partial charge in [0.2, 0.25) is 12.7 Å². The quantitative estimate of drug-likeness (QED) is 0.422. The molecule has 0 N–H and O–H groups in total. The summed E-state index contributed by atoms with van der Waals surface area (Å²) >= 11 is 0. The fourth-order valence-electron chi connectivity index (χ4n) is 2.93. The number of rotatable bonds is 12. The average molecular weight is 319 g/mol. The fraction of sp³-hybridized carbons (Fsp3) is 0.684. The maximum atomic E-state index is 2.31. The van der Waals surface area contributed by atoms with Crippen LogP contribution in [0.2, 0.25) is 0 Å². The predicted octanol–water partition coefficient (Wildman–Crippen LogP) is 3.34. The molecule has 0 atom stereocenters. The molecule has 0 aliphatic rings. The molecular weight excluding hydrogens is 284 g/mol. The van der Waals surface area contributed by atoms with Gasteiger partial charge in [0.05, 0.1) is 26.2 Å². The minimum Gasteiger partial charge on any atom is -0.237 e. The molecule has 4 nitrogen and oxygen atoms in total. The van der Waals surface area contributed by atoms with Crippen molar-refractivity contribution in [3.63, 3.8) is 0 Å². The Bertz CT molecular complexity index is 493. The molecule has 4 heteroatoms. The number of unbranched alkanes of at least 4 members (excludes halogenated alkanes) is 4. The van der Waals surface area contributed by atoms with Crippen molar-refractivity contribution < 1.29 is 9.13 Å². The van der Waals surface area contributed by atoms with Crippen LogP contribution < -0.4 is 9.13 Å². The van der Waals surface area contributed by atoms with E-state index in [4.69, 9.17) is 0 Å². The molecule has 0 amide bonds. The van der Waals surface area contributed by atoms with Crippen LogP contribution in [0.3, 0.4) is 0 Å². The Hall–Kier alpha value is -1.58. The molecule has 128 valence electrons. The highest BCUT2D eigenvalue weighted by Crippen LogP contribution is 1.98. The molecule has 0 bridgehead atoms. The van der Waals surface area contributed by atoms with Crippen molar-refractivity contribution in [1.29, 1.82) is 0 Å². The zero-order valence-corrected chi connectivity index (χ0v) is 15.0. The summed E-state index contributed by atoms with van der Waals surface area (Å²) in [6.45, 7) is 8.99. The van der Waals surface area contributed by atoms with Gasteiger partial charge >= 0.3 is 0 Å². The van der Waals surface area contributed by atoms with Crippen LogP contribution >= 0.6 is 0 Å². The molecule has 2 aromatic rings. The highest BCUT2D eigenvalue weighted by molar-refractivity contribution is 4.67. The van der Waals surface area contributed by atoms with Gasteiger partial charge < -0.3 is 0 Å². The van der Waals surface area contributed by atoms with Crippen LogP contribution in [0.5, 0.6) is 0 Å². The van der Waals surface area contributed by atoms with E-state index in [9.17, 15) is 0 Å². The summed E-state index contributed by atoms with van der Waals surface area (Å²) in [7, 11) is 0. The lowest BCUT2D eigenvalue weighted by atomic mass is 10.2. The van der Waals surface area contributed by atoms with Crippen LogP contribution in [0.1, 0.15) is 58.8 Å². The summed E-state index contributed by atoms with van der Waals surface area (Å²) in [6, 6.07) is 0. The van der Waals surface area contributed by atoms with Crippen LogP contribution in [-0.2, 0) is 26.2 Å². The summed E-state index contributed by atoms with van der Waals surface area (Å²) in [6.07, 6.45) is 22.3. The SMILES string of the molecule is CCCCCn1cc[n+](CCC[n+]2ccn(CCCCC)c2)c1. The molecule has 0 saturated heterocycles. The third kappa shape index (κ3) is 6.59. The summed E-state index contributed by atoms with van der Waals surface area (Å²) < 4.78 is 9.25. The van der Waals surface area contributed by atoms with E-state index < -0.39 is 0 Å². The molecule has 2 rings (SSSR count). The monoisotopic (exact) mass is 318 g/mol. The first kappa shape index (κ1) is 17.8. The van der Waals surface area contributed by atoms with Crippen molar-refractivity contribution in [1.82, 2.24) is 9.13 Å². The number of aryl methyl sites for hydroxylation is 4. The highest BCUT2D eigenvalue weighted by atomic mass is 15.1. The Labute approximate surface area is 141 Å². The molecule has 0 unspecified atom stereocenters. The molecule has 0 saturated carbocycles. The van der Waals surface area contributed by atoms with Crippen molar-refractivity contribution in [2.75, 3.05) is 0 Å². The fourth-order valence-corrected chi connectivity index (χ4v) is 2.93. The molecule has 0 radical (unpaired) electrons. The normalized spacial score (nSPS) is 11.2. The van der Waals surface area contributed by atoms with E-state index in [0.29, 0.717) is 0 Å². The molecule has 2 aromatic heterocycles. The molecule has 0 aromatic carbocycles. The lowest BCUT2D eigenvalue weighted by molar-refractivity contribution is -0.726. The largest absolute Gasteiger partial charge is 0.243 e. The zero-order valence-electron chi connectivity index (χ0n) is 15.0. The van der Waals surface area contributed by atoms with Gasteiger partial charge in [-0.25, -0.2) is 18.3 Å². The van der Waals surface area contributed by atoms with Gasteiger partial charge in [-0.2, -0.15) is 0 Å². The molecule has 23 heavy (non-hydrogen) atoms. The molecular formula is C19H34N4+2. The van der Waals surface area contributed by atoms with Gasteiger partial charge in [-0.1, -0.05) is 26.7 Å². The summed E-state index contributed by atoms with van der Waals surface area (Å²) in [5.74, 6) is 0. The van der Waals surface area contributed by atoms with Crippen molar-refractivity contribution in [2.24, 2.45) is 0 Å². The molecule has 0 spiro atoms. The first-order valence-electron chi connectivity index (χ1n) is 9.41. The van der Waals surface area contributed by atoms with Gasteiger partial charge in [-0.15, -0.1) is 0 Å². The number of nitrogens with zero attached hydrogens (tertiary/aromatic N) is 4. The van der Waals surface area contributed by atoms with E-state index in [1.807, 2.05) is 0 Å². The minimum atomic E-state index is 1.09. The third-order valence-electron chi connectivity index (χ3n) is 4.36. The summed E-state index contributed by atoms with van der Waals surface area (Å²) in [5.41, 5.74) is 0. The van der Waals surface area contributed by atoms with E-state index >= 15 is 0 Å². The Morgan fingerprint density at radius 3 is 1.57 bits per heavy atom. The topological polar surface area (TPSA) is 17.6 Å². The van der Waals surface area contributed by atoms with Crippen molar-refractivity contribution in [3.05, 3.63) is 37.4 Å². The number of aromatic nitrogens is 4. The number of hydrogen-bond donors (Lipinski definition) is 0. The Morgan fingerprint density at radius 2 is 1.13 bits per heavy atom. The predicted molar refractivity (Wildman–Crippen MR) is 92.9 cm³/mol. The van der Waals surface area contributed by atoms with E-state index in [2.05, 4.69) is 69.6 Å². The lowest BCUT2D eigenvalue weighted by Crippen LogP contribution is -2.37. The van der Waals surface area contributed by atoms with Gasteiger partial charge in [0.15, 0.2) is 0 Å². The molecule has 2 heterocycles. The lowest BCUT2D eigenvalue weighted by Gasteiger charge is -1.97. The van der Waals surface area contributed by atoms with Gasteiger partial charge in [-0.05, 0) is 25.7 Å². The maximum absolute atomic E-state index is 2.31. The second-order valence-electron chi connectivity index (χ2n) is 6.55. The first-order chi connectivity index (χ1) is 11.3. The van der Waals surface area contributed by atoms with E-state index in [0.717, 1.165) is 26.2 Å². The minimum absolute atomic E-state index is 1.09. The maximum Gasteiger partial charge on any atom is 0.243 e.